The van der Waals surface area contributed by atoms with E-state index in [2.05, 4.69) is 32.0 Å². The number of halogens is 3. The number of aromatic nitrogens is 3. The minimum Gasteiger partial charge on any atom is -0.323 e. The highest BCUT2D eigenvalue weighted by Gasteiger charge is 2.05. The van der Waals surface area contributed by atoms with Gasteiger partial charge < -0.3 is 5.32 Å². The standard InChI is InChI=1S/C9H5Cl3N4.H4N2/c10-5-3-1-2-4-6(5)13-9-15-7(11)14-8(12)16-9;1-2/h1-4H,(H,13,14,15,16);1-2H2. The molecule has 6 nitrogen and oxygen atoms in total. The van der Waals surface area contributed by atoms with E-state index in [1.54, 1.807) is 12.1 Å². The van der Waals surface area contributed by atoms with Crippen LogP contribution < -0.4 is 17.0 Å². The molecule has 0 atom stereocenters. The molecule has 0 amide bonds. The average Bonchev–Trinajstić information content (AvgIpc) is 2.33. The first-order valence-corrected chi connectivity index (χ1v) is 5.70. The molecule has 0 saturated heterocycles. The van der Waals surface area contributed by atoms with Crippen molar-refractivity contribution in [1.82, 2.24) is 15.0 Å². The topological polar surface area (TPSA) is 103 Å². The number of benzene rings is 1. The highest BCUT2D eigenvalue weighted by molar-refractivity contribution is 6.33. The molecule has 1 aromatic carbocycles. The third-order valence-electron chi connectivity index (χ3n) is 1.70. The second kappa shape index (κ2) is 7.30. The van der Waals surface area contributed by atoms with Crippen molar-refractivity contribution in [3.63, 3.8) is 0 Å². The van der Waals surface area contributed by atoms with Gasteiger partial charge in [0.2, 0.25) is 16.5 Å². The van der Waals surface area contributed by atoms with Gasteiger partial charge in [-0.25, -0.2) is 0 Å². The molecule has 0 radical (unpaired) electrons. The van der Waals surface area contributed by atoms with Crippen LogP contribution in [0.5, 0.6) is 0 Å². The SMILES string of the molecule is Clc1nc(Cl)nc(Nc2ccccc2Cl)n1.NN. The summed E-state index contributed by atoms with van der Waals surface area (Å²) in [6, 6.07) is 7.18. The van der Waals surface area contributed by atoms with Crippen LogP contribution in [0.4, 0.5) is 11.6 Å². The van der Waals surface area contributed by atoms with E-state index >= 15 is 0 Å². The fraction of sp³-hybridized carbons (Fsp3) is 0. The molecule has 2 aromatic rings. The van der Waals surface area contributed by atoms with Gasteiger partial charge in [-0.3, -0.25) is 11.7 Å². The summed E-state index contributed by atoms with van der Waals surface area (Å²) in [4.78, 5) is 11.4. The number of hydrogen-bond donors (Lipinski definition) is 3. The molecule has 9 heteroatoms. The maximum atomic E-state index is 5.95. The third kappa shape index (κ3) is 4.25. The second-order valence-electron chi connectivity index (χ2n) is 2.80. The van der Waals surface area contributed by atoms with E-state index in [-0.39, 0.29) is 16.5 Å². The lowest BCUT2D eigenvalue weighted by Gasteiger charge is -2.06. The predicted octanol–water partition coefficient (Wildman–Crippen LogP) is 2.39. The van der Waals surface area contributed by atoms with Crippen LogP contribution in [0.3, 0.4) is 0 Å². The molecule has 0 fully saturated rings. The van der Waals surface area contributed by atoms with Gasteiger partial charge in [-0.15, -0.1) is 0 Å². The Morgan fingerprint density at radius 2 is 1.44 bits per heavy atom. The van der Waals surface area contributed by atoms with Crippen LogP contribution in [0.2, 0.25) is 15.6 Å². The number of hydrogen-bond acceptors (Lipinski definition) is 6. The van der Waals surface area contributed by atoms with Gasteiger partial charge >= 0.3 is 0 Å². The molecule has 0 bridgehead atoms. The molecule has 1 heterocycles. The van der Waals surface area contributed by atoms with Gasteiger partial charge in [0.1, 0.15) is 0 Å². The molecule has 5 N–H and O–H groups in total. The predicted molar refractivity (Wildman–Crippen MR) is 73.0 cm³/mol. The Kier molecular flexibility index (Phi) is 6.03. The van der Waals surface area contributed by atoms with Crippen molar-refractivity contribution < 1.29 is 0 Å². The molecule has 0 saturated carbocycles. The summed E-state index contributed by atoms with van der Waals surface area (Å²) in [6.07, 6.45) is 0. The zero-order valence-electron chi connectivity index (χ0n) is 8.94. The van der Waals surface area contributed by atoms with E-state index in [9.17, 15) is 0 Å². The first-order valence-electron chi connectivity index (χ1n) is 4.57. The van der Waals surface area contributed by atoms with E-state index < -0.39 is 0 Å². The Balaban J connectivity index is 0.000000771. The Bertz CT molecular complexity index is 501. The Morgan fingerprint density at radius 1 is 0.889 bits per heavy atom. The highest BCUT2D eigenvalue weighted by atomic mass is 35.5. The van der Waals surface area contributed by atoms with E-state index in [1.165, 1.54) is 0 Å². The third-order valence-corrected chi connectivity index (χ3v) is 2.37. The molecule has 0 spiro atoms. The maximum Gasteiger partial charge on any atom is 0.232 e. The van der Waals surface area contributed by atoms with Crippen LogP contribution in [0.1, 0.15) is 0 Å². The fourth-order valence-electron chi connectivity index (χ4n) is 1.06. The van der Waals surface area contributed by atoms with Gasteiger partial charge in [-0.2, -0.15) is 15.0 Å². The number of rotatable bonds is 2. The van der Waals surface area contributed by atoms with Crippen molar-refractivity contribution >= 4 is 46.4 Å². The molecular formula is C9H9Cl3N6. The number of nitrogens with two attached hydrogens (primary N) is 2. The van der Waals surface area contributed by atoms with Gasteiger partial charge in [0, 0.05) is 0 Å². The molecular weight excluding hydrogens is 298 g/mol. The minimum atomic E-state index is 0.0227. The number of nitrogens with zero attached hydrogens (tertiary/aromatic N) is 3. The Labute approximate surface area is 118 Å². The van der Waals surface area contributed by atoms with Gasteiger partial charge in [-0.05, 0) is 35.3 Å². The lowest BCUT2D eigenvalue weighted by atomic mass is 10.3. The number of hydrazine groups is 1. The largest absolute Gasteiger partial charge is 0.323 e. The summed E-state index contributed by atoms with van der Waals surface area (Å²) < 4.78 is 0. The molecule has 1 aromatic heterocycles. The van der Waals surface area contributed by atoms with E-state index in [4.69, 9.17) is 34.8 Å². The molecule has 96 valence electrons. The van der Waals surface area contributed by atoms with Crippen molar-refractivity contribution in [3.8, 4) is 0 Å². The van der Waals surface area contributed by atoms with Crippen molar-refractivity contribution in [3.05, 3.63) is 39.9 Å². The smallest absolute Gasteiger partial charge is 0.232 e. The zero-order valence-corrected chi connectivity index (χ0v) is 11.2. The van der Waals surface area contributed by atoms with Crippen LogP contribution in [0.25, 0.3) is 0 Å². The first kappa shape index (κ1) is 14.9. The molecule has 0 unspecified atom stereocenters. The van der Waals surface area contributed by atoms with Crippen LogP contribution >= 0.6 is 34.8 Å². The number of nitrogens with one attached hydrogen (secondary N) is 1. The zero-order chi connectivity index (χ0) is 13.5. The highest BCUT2D eigenvalue weighted by Crippen LogP contribution is 2.23. The average molecular weight is 308 g/mol. The van der Waals surface area contributed by atoms with Crippen LogP contribution in [-0.2, 0) is 0 Å². The fourth-order valence-corrected chi connectivity index (χ4v) is 1.61. The van der Waals surface area contributed by atoms with Gasteiger partial charge in [-0.1, -0.05) is 23.7 Å². The normalized spacial score (nSPS) is 9.39. The van der Waals surface area contributed by atoms with E-state index in [0.29, 0.717) is 10.7 Å². The number of anilines is 2. The molecule has 2 rings (SSSR count). The van der Waals surface area contributed by atoms with Gasteiger partial charge in [0.15, 0.2) is 0 Å². The van der Waals surface area contributed by atoms with Crippen molar-refractivity contribution in [1.29, 1.82) is 0 Å². The summed E-state index contributed by atoms with van der Waals surface area (Å²) in [6.45, 7) is 0. The van der Waals surface area contributed by atoms with E-state index in [0.717, 1.165) is 0 Å². The van der Waals surface area contributed by atoms with Crippen LogP contribution in [0.15, 0.2) is 24.3 Å². The van der Waals surface area contributed by atoms with Crippen LogP contribution in [-0.4, -0.2) is 15.0 Å². The summed E-state index contributed by atoms with van der Waals surface area (Å²) in [5.41, 5.74) is 0.669. The van der Waals surface area contributed by atoms with Gasteiger partial charge in [0.25, 0.3) is 0 Å². The van der Waals surface area contributed by atoms with Gasteiger partial charge in [0.05, 0.1) is 10.7 Å². The number of para-hydroxylation sites is 1. The minimum absolute atomic E-state index is 0.0227. The Morgan fingerprint density at radius 3 is 2.00 bits per heavy atom. The summed E-state index contributed by atoms with van der Waals surface area (Å²) in [7, 11) is 0. The molecule has 0 aliphatic heterocycles. The Hall–Kier alpha value is -1.18. The maximum absolute atomic E-state index is 5.95. The van der Waals surface area contributed by atoms with E-state index in [1.807, 2.05) is 12.1 Å². The summed E-state index contributed by atoms with van der Waals surface area (Å²) >= 11 is 17.2. The summed E-state index contributed by atoms with van der Waals surface area (Å²) in [5.74, 6) is 8.25. The quantitative estimate of drug-likeness (QED) is 0.581. The van der Waals surface area contributed by atoms with Crippen molar-refractivity contribution in [2.24, 2.45) is 11.7 Å². The second-order valence-corrected chi connectivity index (χ2v) is 3.89. The van der Waals surface area contributed by atoms with Crippen molar-refractivity contribution in [2.45, 2.75) is 0 Å². The molecule has 18 heavy (non-hydrogen) atoms. The first-order chi connectivity index (χ1) is 8.65. The lowest BCUT2D eigenvalue weighted by molar-refractivity contribution is 1.05. The lowest BCUT2D eigenvalue weighted by Crippen LogP contribution is -2.02. The molecule has 0 aliphatic carbocycles. The summed E-state index contributed by atoms with van der Waals surface area (Å²) in [5, 5.41) is 3.49. The monoisotopic (exact) mass is 306 g/mol. The van der Waals surface area contributed by atoms with Crippen LogP contribution in [0, 0.1) is 0 Å². The van der Waals surface area contributed by atoms with Crippen molar-refractivity contribution in [2.75, 3.05) is 5.32 Å². The molecule has 0 aliphatic rings.